The molecule has 0 bridgehead atoms. The van der Waals surface area contributed by atoms with Gasteiger partial charge < -0.3 is 10.2 Å². The van der Waals surface area contributed by atoms with Gasteiger partial charge in [0.1, 0.15) is 5.75 Å². The Morgan fingerprint density at radius 2 is 1.89 bits per heavy atom. The molecule has 0 aromatic heterocycles. The Morgan fingerprint density at radius 3 is 2.61 bits per heavy atom. The standard InChI is InChI=1S/C14H13ClO2S/c15-11-4-2-6-13(8-11)18-9-14(17)10-3-1-5-12(16)7-10/h1-8,14,16-17H,9H2. The van der Waals surface area contributed by atoms with Gasteiger partial charge in [0.2, 0.25) is 0 Å². The lowest BCUT2D eigenvalue weighted by Crippen LogP contribution is -2.00. The minimum Gasteiger partial charge on any atom is -0.508 e. The Balaban J connectivity index is 1.98. The Morgan fingerprint density at radius 1 is 1.11 bits per heavy atom. The fourth-order valence-electron chi connectivity index (χ4n) is 1.56. The number of benzene rings is 2. The number of aromatic hydroxyl groups is 1. The van der Waals surface area contributed by atoms with E-state index in [1.807, 2.05) is 24.3 Å². The zero-order valence-corrected chi connectivity index (χ0v) is 11.2. The molecular weight excluding hydrogens is 268 g/mol. The number of phenolic OH excluding ortho intramolecular Hbond substituents is 1. The summed E-state index contributed by atoms with van der Waals surface area (Å²) in [5, 5.41) is 20.0. The average Bonchev–Trinajstić information content (AvgIpc) is 2.36. The number of halogens is 1. The summed E-state index contributed by atoms with van der Waals surface area (Å²) in [6.45, 7) is 0. The largest absolute Gasteiger partial charge is 0.508 e. The van der Waals surface area contributed by atoms with Gasteiger partial charge in [-0.1, -0.05) is 29.8 Å². The first-order valence-electron chi connectivity index (χ1n) is 5.50. The normalized spacial score (nSPS) is 12.3. The molecule has 2 rings (SSSR count). The summed E-state index contributed by atoms with van der Waals surface area (Å²) in [6.07, 6.45) is -0.610. The van der Waals surface area contributed by atoms with Crippen LogP contribution in [-0.4, -0.2) is 16.0 Å². The quantitative estimate of drug-likeness (QED) is 0.835. The molecule has 94 valence electrons. The third kappa shape index (κ3) is 3.67. The first-order valence-corrected chi connectivity index (χ1v) is 6.87. The van der Waals surface area contributed by atoms with Crippen LogP contribution in [0.15, 0.2) is 53.4 Å². The van der Waals surface area contributed by atoms with Gasteiger partial charge in [0.05, 0.1) is 6.10 Å². The van der Waals surface area contributed by atoms with E-state index < -0.39 is 6.10 Å². The molecule has 0 amide bonds. The van der Waals surface area contributed by atoms with Gasteiger partial charge in [0.25, 0.3) is 0 Å². The first kappa shape index (κ1) is 13.3. The molecule has 0 spiro atoms. The van der Waals surface area contributed by atoms with Crippen LogP contribution < -0.4 is 0 Å². The van der Waals surface area contributed by atoms with Crippen molar-refractivity contribution >= 4 is 23.4 Å². The van der Waals surface area contributed by atoms with Crippen LogP contribution in [-0.2, 0) is 0 Å². The average molecular weight is 281 g/mol. The second-order valence-electron chi connectivity index (χ2n) is 3.88. The van der Waals surface area contributed by atoms with Crippen molar-refractivity contribution in [2.75, 3.05) is 5.75 Å². The molecule has 0 fully saturated rings. The predicted molar refractivity (Wildman–Crippen MR) is 75.2 cm³/mol. The second-order valence-corrected chi connectivity index (χ2v) is 5.41. The van der Waals surface area contributed by atoms with Gasteiger partial charge in [-0.05, 0) is 35.9 Å². The monoisotopic (exact) mass is 280 g/mol. The fraction of sp³-hybridized carbons (Fsp3) is 0.143. The van der Waals surface area contributed by atoms with Crippen LogP contribution in [0, 0.1) is 0 Å². The van der Waals surface area contributed by atoms with Crippen LogP contribution in [0.2, 0.25) is 5.02 Å². The molecule has 0 aliphatic heterocycles. The van der Waals surface area contributed by atoms with Gasteiger partial charge in [-0.2, -0.15) is 0 Å². The van der Waals surface area contributed by atoms with Crippen LogP contribution in [0.5, 0.6) is 5.75 Å². The summed E-state index contributed by atoms with van der Waals surface area (Å²) in [7, 11) is 0. The molecule has 2 aromatic carbocycles. The summed E-state index contributed by atoms with van der Waals surface area (Å²) in [6, 6.07) is 14.2. The molecule has 2 nitrogen and oxygen atoms in total. The molecule has 4 heteroatoms. The van der Waals surface area contributed by atoms with Gasteiger partial charge in [0.15, 0.2) is 0 Å². The zero-order chi connectivity index (χ0) is 13.0. The minimum absolute atomic E-state index is 0.166. The summed E-state index contributed by atoms with van der Waals surface area (Å²) >= 11 is 7.42. The van der Waals surface area contributed by atoms with Crippen molar-refractivity contribution in [2.24, 2.45) is 0 Å². The SMILES string of the molecule is Oc1cccc(C(O)CSc2cccc(Cl)c2)c1. The first-order chi connectivity index (χ1) is 8.65. The van der Waals surface area contributed by atoms with Crippen molar-refractivity contribution in [1.29, 1.82) is 0 Å². The number of phenols is 1. The van der Waals surface area contributed by atoms with E-state index in [1.165, 1.54) is 11.8 Å². The zero-order valence-electron chi connectivity index (χ0n) is 9.58. The Kier molecular flexibility index (Phi) is 4.53. The van der Waals surface area contributed by atoms with E-state index in [4.69, 9.17) is 11.6 Å². The van der Waals surface area contributed by atoms with Crippen molar-refractivity contribution in [2.45, 2.75) is 11.0 Å². The topological polar surface area (TPSA) is 40.5 Å². The molecule has 0 aliphatic carbocycles. The number of aliphatic hydroxyl groups excluding tert-OH is 1. The van der Waals surface area contributed by atoms with E-state index in [-0.39, 0.29) is 5.75 Å². The Hall–Kier alpha value is -1.16. The van der Waals surface area contributed by atoms with Crippen molar-refractivity contribution in [1.82, 2.24) is 0 Å². The molecule has 18 heavy (non-hydrogen) atoms. The molecule has 0 saturated heterocycles. The van der Waals surface area contributed by atoms with Crippen molar-refractivity contribution < 1.29 is 10.2 Å². The van der Waals surface area contributed by atoms with Gasteiger partial charge in [-0.25, -0.2) is 0 Å². The van der Waals surface area contributed by atoms with Crippen molar-refractivity contribution in [3.63, 3.8) is 0 Å². The predicted octanol–water partition coefficient (Wildman–Crippen LogP) is 3.87. The van der Waals surface area contributed by atoms with E-state index in [1.54, 1.807) is 24.3 Å². The van der Waals surface area contributed by atoms with E-state index >= 15 is 0 Å². The van der Waals surface area contributed by atoms with Gasteiger partial charge in [-0.15, -0.1) is 11.8 Å². The highest BCUT2D eigenvalue weighted by atomic mass is 35.5. The van der Waals surface area contributed by atoms with Gasteiger partial charge in [0, 0.05) is 15.7 Å². The summed E-state index contributed by atoms with van der Waals surface area (Å²) in [5.74, 6) is 0.684. The maximum Gasteiger partial charge on any atom is 0.115 e. The highest BCUT2D eigenvalue weighted by Crippen LogP contribution is 2.27. The molecule has 0 aliphatic rings. The lowest BCUT2D eigenvalue weighted by molar-refractivity contribution is 0.203. The Bertz CT molecular complexity index is 531. The molecule has 1 atom stereocenters. The highest BCUT2D eigenvalue weighted by molar-refractivity contribution is 7.99. The van der Waals surface area contributed by atoms with E-state index in [0.717, 1.165) is 4.90 Å². The minimum atomic E-state index is -0.610. The molecular formula is C14H13ClO2S. The second kappa shape index (κ2) is 6.14. The molecule has 1 unspecified atom stereocenters. The third-order valence-electron chi connectivity index (χ3n) is 2.46. The lowest BCUT2D eigenvalue weighted by atomic mass is 10.1. The van der Waals surface area contributed by atoms with E-state index in [9.17, 15) is 10.2 Å². The van der Waals surface area contributed by atoms with E-state index in [2.05, 4.69) is 0 Å². The molecule has 0 radical (unpaired) electrons. The maximum absolute atomic E-state index is 10.0. The summed E-state index contributed by atoms with van der Waals surface area (Å²) < 4.78 is 0. The number of hydrogen-bond acceptors (Lipinski definition) is 3. The van der Waals surface area contributed by atoms with Gasteiger partial charge in [-0.3, -0.25) is 0 Å². The molecule has 0 heterocycles. The molecule has 0 saturated carbocycles. The van der Waals surface area contributed by atoms with Crippen molar-refractivity contribution in [3.05, 3.63) is 59.1 Å². The smallest absolute Gasteiger partial charge is 0.115 e. The van der Waals surface area contributed by atoms with Crippen molar-refractivity contribution in [3.8, 4) is 5.75 Å². The number of aliphatic hydroxyl groups is 1. The maximum atomic E-state index is 10.0. The van der Waals surface area contributed by atoms with Crippen LogP contribution in [0.4, 0.5) is 0 Å². The highest BCUT2D eigenvalue weighted by Gasteiger charge is 2.08. The van der Waals surface area contributed by atoms with Gasteiger partial charge >= 0.3 is 0 Å². The van der Waals surface area contributed by atoms with Crippen LogP contribution in [0.3, 0.4) is 0 Å². The summed E-state index contributed by atoms with van der Waals surface area (Å²) in [5.41, 5.74) is 0.713. The van der Waals surface area contributed by atoms with Crippen LogP contribution in [0.1, 0.15) is 11.7 Å². The van der Waals surface area contributed by atoms with Crippen LogP contribution in [0.25, 0.3) is 0 Å². The van der Waals surface area contributed by atoms with Crippen LogP contribution >= 0.6 is 23.4 Å². The molecule has 2 aromatic rings. The number of thioether (sulfide) groups is 1. The fourth-order valence-corrected chi connectivity index (χ4v) is 2.74. The number of hydrogen-bond donors (Lipinski definition) is 2. The Labute approximate surface area is 115 Å². The summed E-state index contributed by atoms with van der Waals surface area (Å²) in [4.78, 5) is 1.02. The molecule has 2 N–H and O–H groups in total. The lowest BCUT2D eigenvalue weighted by Gasteiger charge is -2.11. The third-order valence-corrected chi connectivity index (χ3v) is 3.76. The van der Waals surface area contributed by atoms with E-state index in [0.29, 0.717) is 16.3 Å². The number of rotatable bonds is 4.